The fourth-order valence-electron chi connectivity index (χ4n) is 0.751. The predicted molar refractivity (Wildman–Crippen MR) is 45.4 cm³/mol. The minimum absolute atomic E-state index is 0.102. The van der Waals surface area contributed by atoms with Gasteiger partial charge in [-0.15, -0.1) is 0 Å². The Labute approximate surface area is 80.5 Å². The molecule has 0 aromatic heterocycles. The van der Waals surface area contributed by atoms with Crippen molar-refractivity contribution in [1.29, 1.82) is 5.26 Å². The van der Waals surface area contributed by atoms with E-state index in [9.17, 15) is 4.39 Å². The van der Waals surface area contributed by atoms with Gasteiger partial charge in [0.15, 0.2) is 0 Å². The first kappa shape index (κ1) is 6.44. The van der Waals surface area contributed by atoms with Gasteiger partial charge in [0.25, 0.3) is 0 Å². The van der Waals surface area contributed by atoms with Crippen LogP contribution in [0.5, 0.6) is 5.75 Å². The zero-order valence-corrected chi connectivity index (χ0v) is 7.43. The molecule has 1 aromatic carbocycles. The van der Waals surface area contributed by atoms with Crippen molar-refractivity contribution in [3.63, 3.8) is 0 Å². The van der Waals surface area contributed by atoms with Gasteiger partial charge in [0.05, 0.1) is 9.80 Å². The van der Waals surface area contributed by atoms with Gasteiger partial charge in [-0.25, -0.2) is 4.39 Å². The van der Waals surface area contributed by atoms with E-state index in [1.807, 2.05) is 0 Å². The summed E-state index contributed by atoms with van der Waals surface area (Å²) in [7, 11) is -1.59. The number of halogens is 2. The Morgan fingerprint density at radius 2 is 2.50 bits per heavy atom. The van der Waals surface area contributed by atoms with Crippen LogP contribution in [0.15, 0.2) is 16.6 Å². The number of hydrogen-bond acceptors (Lipinski definition) is 2. The molecule has 0 saturated heterocycles. The first-order valence-corrected chi connectivity index (χ1v) is 3.74. The fourth-order valence-corrected chi connectivity index (χ4v) is 1.16. The summed E-state index contributed by atoms with van der Waals surface area (Å²) < 4.78 is 31.8. The highest BCUT2D eigenvalue weighted by atomic mass is 79.9. The van der Waals surface area contributed by atoms with E-state index in [2.05, 4.69) is 20.7 Å². The summed E-state index contributed by atoms with van der Waals surface area (Å²) in [6.07, 6.45) is 0. The maximum atomic E-state index is 13.1. The highest BCUT2D eigenvalue weighted by molar-refractivity contribution is 9.10. The van der Waals surface area contributed by atoms with Crippen LogP contribution in [0, 0.1) is 17.1 Å². The Hall–Kier alpha value is -1.08. The first-order chi connectivity index (χ1) is 6.54. The Morgan fingerprint density at radius 1 is 1.75 bits per heavy atom. The summed E-state index contributed by atoms with van der Waals surface area (Å²) in [5.41, 5.74) is -0.294. The summed E-state index contributed by atoms with van der Waals surface area (Å²) in [4.78, 5) is 0. The highest BCUT2D eigenvalue weighted by Gasteiger charge is 2.09. The maximum Gasteiger partial charge on any atom is 0.145 e. The van der Waals surface area contributed by atoms with Gasteiger partial charge in [0, 0.05) is 4.47 Å². The predicted octanol–water partition coefficient (Wildman–Crippen LogP) is 2.47. The number of benzene rings is 1. The second-order valence-corrected chi connectivity index (χ2v) is 2.91. The second-order valence-electron chi connectivity index (χ2n) is 1.99. The SMILES string of the molecule is [2H]C([2H])Oc1cc(Br)cc(F)c1C#N. The Kier molecular flexibility index (Phi) is 1.90. The van der Waals surface area contributed by atoms with E-state index < -0.39 is 12.9 Å². The van der Waals surface area contributed by atoms with Crippen molar-refractivity contribution >= 4 is 15.9 Å². The molecule has 12 heavy (non-hydrogen) atoms. The number of nitrogens with zero attached hydrogens (tertiary/aromatic N) is 1. The summed E-state index contributed by atoms with van der Waals surface area (Å²) in [6, 6.07) is 4.07. The zero-order chi connectivity index (χ0) is 10.7. The van der Waals surface area contributed by atoms with E-state index in [1.165, 1.54) is 6.07 Å². The standard InChI is InChI=1S/C8H5BrFNO/c1-12-8-3-5(9)2-7(10)6(8)4-11/h2-3H,1H3/i1D2. The topological polar surface area (TPSA) is 33.0 Å². The Balaban J connectivity index is 3.20. The lowest BCUT2D eigenvalue weighted by atomic mass is 10.2. The van der Waals surface area contributed by atoms with Crippen LogP contribution >= 0.6 is 15.9 Å². The molecule has 0 heterocycles. The maximum absolute atomic E-state index is 13.1. The van der Waals surface area contributed by atoms with Gasteiger partial charge < -0.3 is 4.74 Å². The van der Waals surface area contributed by atoms with Crippen LogP contribution in [0.25, 0.3) is 0 Å². The van der Waals surface area contributed by atoms with E-state index in [-0.39, 0.29) is 11.3 Å². The van der Waals surface area contributed by atoms with Crippen molar-refractivity contribution in [2.24, 2.45) is 0 Å². The molecule has 0 aliphatic carbocycles. The molecular formula is C8H5BrFNO. The normalized spacial score (nSPS) is 11.8. The molecular weight excluding hydrogens is 225 g/mol. The average molecular weight is 232 g/mol. The molecule has 62 valence electrons. The van der Waals surface area contributed by atoms with Crippen molar-refractivity contribution < 1.29 is 11.9 Å². The molecule has 0 amide bonds. The largest absolute Gasteiger partial charge is 0.495 e. The van der Waals surface area contributed by atoms with Gasteiger partial charge in [0.1, 0.15) is 23.2 Å². The molecule has 0 fully saturated rings. The lowest BCUT2D eigenvalue weighted by Crippen LogP contribution is -1.91. The van der Waals surface area contributed by atoms with Crippen molar-refractivity contribution in [3.8, 4) is 11.8 Å². The summed E-state index contributed by atoms with van der Waals surface area (Å²) in [6.45, 7) is 0. The smallest absolute Gasteiger partial charge is 0.145 e. The van der Waals surface area contributed by atoms with Crippen LogP contribution < -0.4 is 4.74 Å². The number of rotatable bonds is 1. The number of ether oxygens (including phenoxy) is 1. The van der Waals surface area contributed by atoms with Crippen LogP contribution in [0.1, 0.15) is 8.30 Å². The van der Waals surface area contributed by atoms with Gasteiger partial charge in [0.2, 0.25) is 0 Å². The molecule has 0 N–H and O–H groups in total. The third-order valence-corrected chi connectivity index (χ3v) is 1.72. The van der Waals surface area contributed by atoms with E-state index >= 15 is 0 Å². The molecule has 0 bridgehead atoms. The number of hydrogen-bond donors (Lipinski definition) is 0. The number of nitriles is 1. The molecule has 2 nitrogen and oxygen atoms in total. The van der Waals surface area contributed by atoms with E-state index in [1.54, 1.807) is 6.07 Å². The lowest BCUT2D eigenvalue weighted by molar-refractivity contribution is 0.409. The fraction of sp³-hybridized carbons (Fsp3) is 0.125. The van der Waals surface area contributed by atoms with Crippen LogP contribution in [0.4, 0.5) is 4.39 Å². The molecule has 1 aromatic rings. The van der Waals surface area contributed by atoms with Gasteiger partial charge >= 0.3 is 0 Å². The zero-order valence-electron chi connectivity index (χ0n) is 7.84. The van der Waals surface area contributed by atoms with Crippen LogP contribution in [-0.2, 0) is 0 Å². The van der Waals surface area contributed by atoms with Crippen LogP contribution in [-0.4, -0.2) is 7.06 Å². The summed E-state index contributed by atoms with van der Waals surface area (Å²) in [5.74, 6) is -0.841. The Bertz CT molecular complexity index is 392. The van der Waals surface area contributed by atoms with Crippen molar-refractivity contribution in [1.82, 2.24) is 0 Å². The minimum atomic E-state index is -1.59. The number of methoxy groups -OCH3 is 1. The van der Waals surface area contributed by atoms with Gasteiger partial charge in [-0.2, -0.15) is 5.26 Å². The molecule has 1 rings (SSSR count). The molecule has 0 spiro atoms. The second kappa shape index (κ2) is 3.55. The minimum Gasteiger partial charge on any atom is -0.495 e. The van der Waals surface area contributed by atoms with E-state index in [0.29, 0.717) is 4.47 Å². The molecule has 4 heteroatoms. The monoisotopic (exact) mass is 231 g/mol. The lowest BCUT2D eigenvalue weighted by Gasteiger charge is -2.03. The van der Waals surface area contributed by atoms with Crippen molar-refractivity contribution in [2.45, 2.75) is 0 Å². The van der Waals surface area contributed by atoms with Crippen LogP contribution in [0.3, 0.4) is 0 Å². The molecule has 0 saturated carbocycles. The molecule has 0 radical (unpaired) electrons. The average Bonchev–Trinajstić information content (AvgIpc) is 2.01. The van der Waals surface area contributed by atoms with Gasteiger partial charge in [-0.1, -0.05) is 15.9 Å². The van der Waals surface area contributed by atoms with Crippen LogP contribution in [0.2, 0.25) is 0 Å². The van der Waals surface area contributed by atoms with Gasteiger partial charge in [-0.3, -0.25) is 0 Å². The highest BCUT2D eigenvalue weighted by Crippen LogP contribution is 2.25. The molecule has 0 atom stereocenters. The third kappa shape index (κ3) is 1.56. The van der Waals surface area contributed by atoms with Crippen molar-refractivity contribution in [2.75, 3.05) is 7.06 Å². The first-order valence-electron chi connectivity index (χ1n) is 4.10. The quantitative estimate of drug-likeness (QED) is 0.745. The van der Waals surface area contributed by atoms with Gasteiger partial charge in [-0.05, 0) is 12.1 Å². The summed E-state index contributed by atoms with van der Waals surface area (Å²) >= 11 is 3.01. The van der Waals surface area contributed by atoms with E-state index in [4.69, 9.17) is 8.00 Å². The molecule has 0 aliphatic rings. The Morgan fingerprint density at radius 3 is 3.08 bits per heavy atom. The van der Waals surface area contributed by atoms with E-state index in [0.717, 1.165) is 6.07 Å². The third-order valence-electron chi connectivity index (χ3n) is 1.26. The summed E-state index contributed by atoms with van der Waals surface area (Å²) in [5, 5.41) is 8.60. The molecule has 0 aliphatic heterocycles. The molecule has 0 unspecified atom stereocenters. The van der Waals surface area contributed by atoms with Crippen molar-refractivity contribution in [3.05, 3.63) is 28.0 Å².